The number of benzene rings is 1. The average molecular weight is 349 g/mol. The Kier molecular flexibility index (Phi) is 5.82. The predicted octanol–water partition coefficient (Wildman–Crippen LogP) is 2.89. The highest BCUT2D eigenvalue weighted by molar-refractivity contribution is 9.10. The van der Waals surface area contributed by atoms with E-state index in [1.807, 2.05) is 32.9 Å². The second kappa shape index (κ2) is 6.72. The van der Waals surface area contributed by atoms with Gasteiger partial charge in [0.2, 0.25) is 10.0 Å². The molecule has 108 valence electrons. The Labute approximate surface area is 124 Å². The molecule has 4 nitrogen and oxygen atoms in total. The van der Waals surface area contributed by atoms with Gasteiger partial charge in [0.05, 0.1) is 10.9 Å². The Bertz CT molecular complexity index is 529. The van der Waals surface area contributed by atoms with Gasteiger partial charge in [0, 0.05) is 17.1 Å². The van der Waals surface area contributed by atoms with E-state index in [-0.39, 0.29) is 6.04 Å². The lowest BCUT2D eigenvalue weighted by molar-refractivity contribution is 0.553. The fourth-order valence-electron chi connectivity index (χ4n) is 1.48. The van der Waals surface area contributed by atoms with Crippen LogP contribution in [-0.2, 0) is 10.0 Å². The van der Waals surface area contributed by atoms with Crippen molar-refractivity contribution in [2.75, 3.05) is 11.3 Å². The standard InChI is InChI=1S/C13H21BrN2O2S/c1-9(2)15-8-10(3)19(17,18)16-13-7-5-6-12(14)11(13)4/h5-7,9-10,15-16H,8H2,1-4H3. The van der Waals surface area contributed by atoms with Crippen LogP contribution in [0.25, 0.3) is 0 Å². The van der Waals surface area contributed by atoms with Crippen molar-refractivity contribution < 1.29 is 8.42 Å². The number of sulfonamides is 1. The van der Waals surface area contributed by atoms with Crippen LogP contribution >= 0.6 is 15.9 Å². The Balaban J connectivity index is 2.82. The van der Waals surface area contributed by atoms with Crippen molar-refractivity contribution in [1.29, 1.82) is 0 Å². The largest absolute Gasteiger partial charge is 0.313 e. The second-order valence-corrected chi connectivity index (χ2v) is 7.89. The van der Waals surface area contributed by atoms with Gasteiger partial charge in [-0.1, -0.05) is 35.8 Å². The van der Waals surface area contributed by atoms with Crippen molar-refractivity contribution in [2.45, 2.75) is 39.0 Å². The number of halogens is 1. The van der Waals surface area contributed by atoms with Gasteiger partial charge >= 0.3 is 0 Å². The molecule has 0 aliphatic carbocycles. The van der Waals surface area contributed by atoms with Gasteiger partial charge in [-0.25, -0.2) is 8.42 Å². The summed E-state index contributed by atoms with van der Waals surface area (Å²) < 4.78 is 28.0. The summed E-state index contributed by atoms with van der Waals surface area (Å²) in [6.07, 6.45) is 0. The smallest absolute Gasteiger partial charge is 0.236 e. The van der Waals surface area contributed by atoms with Crippen molar-refractivity contribution in [2.24, 2.45) is 0 Å². The van der Waals surface area contributed by atoms with Crippen molar-refractivity contribution >= 4 is 31.6 Å². The molecule has 0 radical (unpaired) electrons. The highest BCUT2D eigenvalue weighted by Crippen LogP contribution is 2.24. The molecule has 0 heterocycles. The van der Waals surface area contributed by atoms with Crippen LogP contribution in [0.3, 0.4) is 0 Å². The Morgan fingerprint density at radius 3 is 2.47 bits per heavy atom. The molecular weight excluding hydrogens is 328 g/mol. The summed E-state index contributed by atoms with van der Waals surface area (Å²) in [5.74, 6) is 0. The van der Waals surface area contributed by atoms with Crippen LogP contribution in [0.1, 0.15) is 26.3 Å². The van der Waals surface area contributed by atoms with E-state index < -0.39 is 15.3 Å². The molecule has 1 unspecified atom stereocenters. The molecule has 0 aromatic heterocycles. The molecule has 0 amide bonds. The molecule has 0 saturated carbocycles. The van der Waals surface area contributed by atoms with Gasteiger partial charge in [0.25, 0.3) is 0 Å². The van der Waals surface area contributed by atoms with E-state index in [1.54, 1.807) is 13.0 Å². The summed E-state index contributed by atoms with van der Waals surface area (Å²) in [6.45, 7) is 7.99. The molecule has 1 rings (SSSR count). The summed E-state index contributed by atoms with van der Waals surface area (Å²) in [6, 6.07) is 5.73. The summed E-state index contributed by atoms with van der Waals surface area (Å²) in [5, 5.41) is 2.64. The highest BCUT2D eigenvalue weighted by Gasteiger charge is 2.21. The summed E-state index contributed by atoms with van der Waals surface area (Å²) >= 11 is 3.39. The van der Waals surface area contributed by atoms with Gasteiger partial charge in [0.15, 0.2) is 0 Å². The van der Waals surface area contributed by atoms with Gasteiger partial charge in [-0.2, -0.15) is 0 Å². The number of hydrogen-bond acceptors (Lipinski definition) is 3. The minimum absolute atomic E-state index is 0.269. The van der Waals surface area contributed by atoms with Crippen molar-refractivity contribution in [3.05, 3.63) is 28.2 Å². The van der Waals surface area contributed by atoms with E-state index in [2.05, 4.69) is 26.0 Å². The lowest BCUT2D eigenvalue weighted by atomic mass is 10.2. The molecule has 19 heavy (non-hydrogen) atoms. The maximum absolute atomic E-state index is 12.2. The third kappa shape index (κ3) is 4.78. The fourth-order valence-corrected chi connectivity index (χ4v) is 2.89. The zero-order valence-electron chi connectivity index (χ0n) is 11.7. The first kappa shape index (κ1) is 16.5. The van der Waals surface area contributed by atoms with Crippen LogP contribution in [0, 0.1) is 6.92 Å². The van der Waals surface area contributed by atoms with Crippen molar-refractivity contribution in [1.82, 2.24) is 5.32 Å². The van der Waals surface area contributed by atoms with Crippen LogP contribution in [-0.4, -0.2) is 26.3 Å². The van der Waals surface area contributed by atoms with Gasteiger partial charge in [0.1, 0.15) is 0 Å². The number of nitrogens with one attached hydrogen (secondary N) is 2. The van der Waals surface area contributed by atoms with Crippen LogP contribution in [0.2, 0.25) is 0 Å². The lowest BCUT2D eigenvalue weighted by Gasteiger charge is -2.18. The first-order valence-corrected chi connectivity index (χ1v) is 8.58. The third-order valence-corrected chi connectivity index (χ3v) is 5.45. The first-order valence-electron chi connectivity index (χ1n) is 6.24. The predicted molar refractivity (Wildman–Crippen MR) is 84.0 cm³/mol. The average Bonchev–Trinajstić information content (AvgIpc) is 2.31. The van der Waals surface area contributed by atoms with Crippen molar-refractivity contribution in [3.8, 4) is 0 Å². The second-order valence-electron chi connectivity index (χ2n) is 4.93. The normalized spacial score (nSPS) is 13.6. The Morgan fingerprint density at radius 2 is 1.89 bits per heavy atom. The van der Waals surface area contributed by atoms with Crippen LogP contribution in [0.15, 0.2) is 22.7 Å². The molecular formula is C13H21BrN2O2S. The number of rotatable bonds is 6. The first-order chi connectivity index (χ1) is 8.74. The quantitative estimate of drug-likeness (QED) is 0.830. The maximum Gasteiger partial charge on any atom is 0.236 e. The van der Waals surface area contributed by atoms with Crippen molar-refractivity contribution in [3.63, 3.8) is 0 Å². The van der Waals surface area contributed by atoms with E-state index >= 15 is 0 Å². The third-order valence-electron chi connectivity index (χ3n) is 2.86. The molecule has 0 aliphatic rings. The summed E-state index contributed by atoms with van der Waals surface area (Å²) in [5.41, 5.74) is 1.50. The van der Waals surface area contributed by atoms with Gasteiger partial charge < -0.3 is 5.32 Å². The summed E-state index contributed by atoms with van der Waals surface area (Å²) in [7, 11) is -3.38. The lowest BCUT2D eigenvalue weighted by Crippen LogP contribution is -2.37. The van der Waals surface area contributed by atoms with E-state index in [0.29, 0.717) is 12.2 Å². The minimum Gasteiger partial charge on any atom is -0.313 e. The SMILES string of the molecule is Cc1c(Br)cccc1NS(=O)(=O)C(C)CNC(C)C. The topological polar surface area (TPSA) is 58.2 Å². The Hall–Kier alpha value is -0.590. The monoisotopic (exact) mass is 348 g/mol. The van der Waals surface area contributed by atoms with Crippen LogP contribution < -0.4 is 10.0 Å². The minimum atomic E-state index is -3.38. The molecule has 1 atom stereocenters. The van der Waals surface area contributed by atoms with E-state index in [1.165, 1.54) is 0 Å². The van der Waals surface area contributed by atoms with Gasteiger partial charge in [-0.3, -0.25) is 4.72 Å². The van der Waals surface area contributed by atoms with E-state index in [9.17, 15) is 8.42 Å². The van der Waals surface area contributed by atoms with Gasteiger partial charge in [-0.05, 0) is 31.5 Å². The molecule has 0 fully saturated rings. The molecule has 1 aromatic carbocycles. The molecule has 6 heteroatoms. The molecule has 1 aromatic rings. The molecule has 0 saturated heterocycles. The zero-order valence-corrected chi connectivity index (χ0v) is 14.1. The highest BCUT2D eigenvalue weighted by atomic mass is 79.9. The molecule has 0 aliphatic heterocycles. The fraction of sp³-hybridized carbons (Fsp3) is 0.538. The number of anilines is 1. The maximum atomic E-state index is 12.2. The molecule has 0 bridgehead atoms. The van der Waals surface area contributed by atoms with Crippen LogP contribution in [0.5, 0.6) is 0 Å². The summed E-state index contributed by atoms with van der Waals surface area (Å²) in [4.78, 5) is 0. The zero-order chi connectivity index (χ0) is 14.6. The molecule has 0 spiro atoms. The number of hydrogen-bond donors (Lipinski definition) is 2. The Morgan fingerprint density at radius 1 is 1.26 bits per heavy atom. The molecule has 2 N–H and O–H groups in total. The van der Waals surface area contributed by atoms with Gasteiger partial charge in [-0.15, -0.1) is 0 Å². The van der Waals surface area contributed by atoms with E-state index in [4.69, 9.17) is 0 Å². The van der Waals surface area contributed by atoms with Crippen LogP contribution in [0.4, 0.5) is 5.69 Å². The van der Waals surface area contributed by atoms with E-state index in [0.717, 1.165) is 10.0 Å².